The molecule has 1 saturated heterocycles. The molecule has 9 rings (SSSR count). The number of rotatable bonds is 7. The predicted octanol–water partition coefficient (Wildman–Crippen LogP) is 3.40. The van der Waals surface area contributed by atoms with Crippen LogP contribution < -0.4 is 14.8 Å². The minimum atomic E-state index is -1.36. The summed E-state index contributed by atoms with van der Waals surface area (Å²) in [5.74, 6) is 1.71. The van der Waals surface area contributed by atoms with Crippen LogP contribution in [0.4, 0.5) is 0 Å². The maximum absolute atomic E-state index is 13.8. The Bertz CT molecular complexity index is 1340. The van der Waals surface area contributed by atoms with Crippen LogP contribution in [0.2, 0.25) is 0 Å². The van der Waals surface area contributed by atoms with Crippen LogP contribution in [0.25, 0.3) is 0 Å². The number of nitrogens with zero attached hydrogens (tertiary/aromatic N) is 1. The second-order valence-electron chi connectivity index (χ2n) is 12.6. The van der Waals surface area contributed by atoms with E-state index in [1.54, 1.807) is 7.11 Å². The zero-order valence-electron chi connectivity index (χ0n) is 22.0. The highest BCUT2D eigenvalue weighted by atomic mass is 16.5. The molecule has 0 radical (unpaired) electrons. The van der Waals surface area contributed by atoms with Crippen LogP contribution in [-0.4, -0.2) is 60.4 Å². The standard InChI is InChI=1S/C32H36N2O4/c1-37-24-10-9-22-17-25-30-12-13-32(36,23(18-30)28(35)33-15-11-20-5-3-2-4-6-20)29-31(30,26(22)27(24)38-29)14-16-34(25)19-21-7-8-21/h2-6,9-10,12-13,21,23,25,29,36H,7-8,11,14-19H2,1H3,(H,33,35)/t23-,25-,29?,30-,31+,32?/m1/s1. The molecule has 6 nitrogen and oxygen atoms in total. The Hall–Kier alpha value is -2.83. The molecule has 2 spiro atoms. The summed E-state index contributed by atoms with van der Waals surface area (Å²) >= 11 is 0. The molecule has 38 heavy (non-hydrogen) atoms. The molecule has 1 amide bonds. The van der Waals surface area contributed by atoms with Crippen molar-refractivity contribution in [3.8, 4) is 11.5 Å². The van der Waals surface area contributed by atoms with Crippen LogP contribution in [-0.2, 0) is 23.1 Å². The number of benzene rings is 2. The zero-order chi connectivity index (χ0) is 25.7. The van der Waals surface area contributed by atoms with Gasteiger partial charge < -0.3 is 19.9 Å². The van der Waals surface area contributed by atoms with Crippen molar-refractivity contribution < 1.29 is 19.4 Å². The molecule has 6 atom stereocenters. The van der Waals surface area contributed by atoms with E-state index < -0.39 is 17.6 Å². The lowest BCUT2D eigenvalue weighted by Gasteiger charge is -2.70. The molecule has 5 aliphatic carbocycles. The summed E-state index contributed by atoms with van der Waals surface area (Å²) in [4.78, 5) is 16.5. The number of methoxy groups -OCH3 is 1. The van der Waals surface area contributed by atoms with E-state index in [0.29, 0.717) is 19.0 Å². The average Bonchev–Trinajstić information content (AvgIpc) is 3.67. The molecule has 2 aromatic carbocycles. The number of carbonyl (C=O) groups excluding carboxylic acids is 1. The van der Waals surface area contributed by atoms with E-state index in [1.807, 2.05) is 30.3 Å². The van der Waals surface area contributed by atoms with E-state index in [1.165, 1.54) is 29.5 Å². The molecule has 4 bridgehead atoms. The molecule has 2 aliphatic heterocycles. The van der Waals surface area contributed by atoms with Gasteiger partial charge in [0.25, 0.3) is 0 Å². The van der Waals surface area contributed by atoms with E-state index in [0.717, 1.165) is 49.8 Å². The second kappa shape index (κ2) is 7.86. The number of aliphatic hydroxyl groups is 1. The van der Waals surface area contributed by atoms with Crippen molar-refractivity contribution in [2.45, 2.75) is 61.7 Å². The van der Waals surface area contributed by atoms with E-state index in [2.05, 4.69) is 34.5 Å². The Morgan fingerprint density at radius 2 is 2.03 bits per heavy atom. The van der Waals surface area contributed by atoms with Gasteiger partial charge in [-0.05, 0) is 68.2 Å². The summed E-state index contributed by atoms with van der Waals surface area (Å²) < 4.78 is 12.6. The number of nitrogens with one attached hydrogen (secondary N) is 1. The monoisotopic (exact) mass is 512 g/mol. The van der Waals surface area contributed by atoms with Crippen molar-refractivity contribution in [2.75, 3.05) is 26.7 Å². The van der Waals surface area contributed by atoms with Gasteiger partial charge in [0.15, 0.2) is 11.5 Å². The van der Waals surface area contributed by atoms with Crippen LogP contribution in [0.5, 0.6) is 11.5 Å². The summed E-state index contributed by atoms with van der Waals surface area (Å²) in [5.41, 5.74) is 1.82. The first-order chi connectivity index (χ1) is 18.5. The van der Waals surface area contributed by atoms with Gasteiger partial charge in [-0.1, -0.05) is 48.6 Å². The number of hydrogen-bond donors (Lipinski definition) is 2. The van der Waals surface area contributed by atoms with Crippen LogP contribution in [0.15, 0.2) is 54.6 Å². The maximum atomic E-state index is 13.8. The Labute approximate surface area is 224 Å². The average molecular weight is 513 g/mol. The van der Waals surface area contributed by atoms with E-state index in [4.69, 9.17) is 9.47 Å². The SMILES string of the molecule is COc1ccc2c3c1OC1C4(O)C=C[C@@]5(C[C@@H]4C(=O)NCCc4ccccc4)[C@@H](C2)N(CC2CC2)CC[C@]315. The number of ether oxygens (including phenoxy) is 2. The van der Waals surface area contributed by atoms with Crippen LogP contribution in [0.3, 0.4) is 0 Å². The van der Waals surface area contributed by atoms with Gasteiger partial charge in [0, 0.05) is 30.1 Å². The molecule has 2 saturated carbocycles. The molecule has 2 unspecified atom stereocenters. The molecular weight excluding hydrogens is 476 g/mol. The summed E-state index contributed by atoms with van der Waals surface area (Å²) in [6.45, 7) is 2.70. The highest BCUT2D eigenvalue weighted by Gasteiger charge is 2.79. The van der Waals surface area contributed by atoms with Crippen LogP contribution >= 0.6 is 0 Å². The number of carbonyl (C=O) groups is 1. The third kappa shape index (κ3) is 2.83. The first-order valence-electron chi connectivity index (χ1n) is 14.4. The molecule has 198 valence electrons. The number of piperidine rings is 1. The van der Waals surface area contributed by atoms with Gasteiger partial charge in [-0.15, -0.1) is 0 Å². The highest BCUT2D eigenvalue weighted by molar-refractivity contribution is 5.82. The molecule has 3 fully saturated rings. The minimum absolute atomic E-state index is 0.0638. The zero-order valence-corrected chi connectivity index (χ0v) is 22.0. The molecule has 2 N–H and O–H groups in total. The fourth-order valence-electron chi connectivity index (χ4n) is 9.03. The third-order valence-corrected chi connectivity index (χ3v) is 10.9. The number of likely N-dealkylation sites (tertiary alicyclic amines) is 1. The summed E-state index contributed by atoms with van der Waals surface area (Å²) in [5, 5.41) is 15.6. The molecule has 2 heterocycles. The minimum Gasteiger partial charge on any atom is -0.493 e. The van der Waals surface area contributed by atoms with Crippen molar-refractivity contribution in [3.05, 3.63) is 71.3 Å². The van der Waals surface area contributed by atoms with E-state index >= 15 is 0 Å². The highest BCUT2D eigenvalue weighted by Crippen LogP contribution is 2.74. The fraction of sp³-hybridized carbons (Fsp3) is 0.531. The number of amides is 1. The van der Waals surface area contributed by atoms with Crippen LogP contribution in [0, 0.1) is 17.3 Å². The second-order valence-corrected chi connectivity index (χ2v) is 12.6. The Kier molecular flexibility index (Phi) is 4.77. The van der Waals surface area contributed by atoms with Gasteiger partial charge in [-0.25, -0.2) is 0 Å². The Morgan fingerprint density at radius 1 is 1.18 bits per heavy atom. The van der Waals surface area contributed by atoms with Crippen LogP contribution in [0.1, 0.15) is 42.4 Å². The van der Waals surface area contributed by atoms with Gasteiger partial charge in [-0.3, -0.25) is 9.69 Å². The maximum Gasteiger partial charge on any atom is 0.226 e. The molecule has 7 aliphatic rings. The van der Waals surface area contributed by atoms with Gasteiger partial charge in [0.2, 0.25) is 5.91 Å². The summed E-state index contributed by atoms with van der Waals surface area (Å²) in [6, 6.07) is 14.8. The van der Waals surface area contributed by atoms with Crippen molar-refractivity contribution in [2.24, 2.45) is 17.3 Å². The van der Waals surface area contributed by atoms with Gasteiger partial charge in [-0.2, -0.15) is 0 Å². The summed E-state index contributed by atoms with van der Waals surface area (Å²) in [6.07, 6.45) is 9.71. The lowest BCUT2D eigenvalue weighted by Crippen LogP contribution is -2.80. The van der Waals surface area contributed by atoms with Crippen molar-refractivity contribution in [3.63, 3.8) is 0 Å². The molecular formula is C32H36N2O4. The molecule has 6 heteroatoms. The molecule has 2 aromatic rings. The smallest absolute Gasteiger partial charge is 0.226 e. The largest absolute Gasteiger partial charge is 0.493 e. The van der Waals surface area contributed by atoms with Gasteiger partial charge in [0.1, 0.15) is 11.7 Å². The number of fused-ring (bicyclic) bond motifs is 1. The van der Waals surface area contributed by atoms with Gasteiger partial charge >= 0.3 is 0 Å². The molecule has 0 aromatic heterocycles. The Balaban J connectivity index is 1.19. The van der Waals surface area contributed by atoms with Crippen molar-refractivity contribution >= 4 is 5.91 Å². The van der Waals surface area contributed by atoms with Crippen molar-refractivity contribution in [1.29, 1.82) is 0 Å². The lowest BCUT2D eigenvalue weighted by atomic mass is 9.37. The third-order valence-electron chi connectivity index (χ3n) is 10.9. The predicted molar refractivity (Wildman–Crippen MR) is 143 cm³/mol. The Morgan fingerprint density at radius 3 is 2.82 bits per heavy atom. The normalized spacial score (nSPS) is 37.5. The first kappa shape index (κ1) is 23.1. The van der Waals surface area contributed by atoms with E-state index in [9.17, 15) is 9.90 Å². The fourth-order valence-corrected chi connectivity index (χ4v) is 9.03. The first-order valence-corrected chi connectivity index (χ1v) is 14.4. The quantitative estimate of drug-likeness (QED) is 0.557. The topological polar surface area (TPSA) is 71.0 Å². The number of hydrogen-bond acceptors (Lipinski definition) is 5. The lowest BCUT2D eigenvalue weighted by molar-refractivity contribution is -0.206. The summed E-state index contributed by atoms with van der Waals surface area (Å²) in [7, 11) is 1.69. The van der Waals surface area contributed by atoms with Gasteiger partial charge in [0.05, 0.1) is 18.4 Å². The van der Waals surface area contributed by atoms with E-state index in [-0.39, 0.29) is 16.7 Å². The van der Waals surface area contributed by atoms with Crippen molar-refractivity contribution in [1.82, 2.24) is 10.2 Å².